The second kappa shape index (κ2) is 51.3. The zero-order valence-corrected chi connectivity index (χ0v) is 67.8. The van der Waals surface area contributed by atoms with Crippen LogP contribution in [0.25, 0.3) is 54.5 Å². The summed E-state index contributed by atoms with van der Waals surface area (Å²) in [5.41, 5.74) is -1.55. The van der Waals surface area contributed by atoms with Gasteiger partial charge in [-0.3, -0.25) is 130 Å². The summed E-state index contributed by atoms with van der Waals surface area (Å²) in [4.78, 5) is 266. The number of aromatic nitrogens is 9. The monoisotopic (exact) mass is 1980 g/mol. The molecule has 5 fully saturated rings. The van der Waals surface area contributed by atoms with Crippen LogP contribution in [0, 0.1) is 64.6 Å². The van der Waals surface area contributed by atoms with Crippen molar-refractivity contribution in [2.24, 2.45) is 10.5 Å². The molecule has 0 amide bonds. The first-order valence-electron chi connectivity index (χ1n) is 60.0. The molecule has 5 aliphatic carbocycles. The standard InChI is InChI=1S/C15H13N3O5.3C15H15N3O3.C9H6N2O4.C7H6N2O4.C6H9NO2.C4H6O3.CH4NP.5CH4/c1-8-16-10-3-2-4-12(18(22)23)14(10)15(21)17(8)11-6-5-9(19)7-13(11)20;3*1-8-17-11-4-2-3-10(16)14(11)15(21)18(8)12-6-5-9(19)7-13(12)20;1-5-10-6-3-2-4-7(11(13)14)8(6)9(12)15-5;8-4-2-1-3-5(9(12)13)6(4)7(10)11;7-5-2-1-4(8)3-6(5)9;1-3(5)7-4(2)6;1-2-3;;;;;/h2-4,11H,5-7H2,1H3;3*2-4,12H,5-7,16H2,1H3;2-4H,1H3;1-3H,8H2,(H,10,11);5H,1-3,7H2;1-2H3;3H,1H3;5*1H4/t;2*12-;;;;;;;;;;;/m.10.........../s1/i1D3,5D2,6D2,11D;3*1D3,5D2,6D2,12D;1D3;;1D2,2D2,5D;1D3;;;;;;/hD6. The Morgan fingerprint density at radius 3 is 1.02 bits per heavy atom. The number of carboxylic acids is 1. The maximum Gasteiger partial charge on any atom is 0.353 e. The Hall–Kier alpha value is -16.2. The minimum atomic E-state index is -3.73. The number of anilines is 4. The van der Waals surface area contributed by atoms with E-state index in [0.717, 1.165) is 55.5 Å². The highest BCUT2D eigenvalue weighted by Gasteiger charge is 2.36. The highest BCUT2D eigenvalue weighted by atomic mass is 31.0. The number of carbonyl (C=O) groups excluding carboxylic acids is 12. The number of rotatable bonds is 11. The molecule has 11 aromatic rings. The number of fused-ring (bicyclic) bond motifs is 5. The van der Waals surface area contributed by atoms with Crippen LogP contribution in [0.2, 0.25) is 8.47 Å². The van der Waals surface area contributed by atoms with E-state index in [1.165, 1.54) is 60.7 Å². The maximum atomic E-state index is 13.4. The molecule has 0 aliphatic heterocycles. The number of Topliss-reactive ketones (excluding diaryl/α,β-unsaturated/α-hetero) is 10. The van der Waals surface area contributed by atoms with E-state index in [-0.39, 0.29) is 106 Å². The number of nitro groups is 3. The Labute approximate surface area is 857 Å². The number of hydrogen-bond donors (Lipinski definition) is 6. The van der Waals surface area contributed by atoms with Crippen LogP contribution in [-0.4, -0.2) is 152 Å². The highest BCUT2D eigenvalue weighted by Crippen LogP contribution is 2.32. The van der Waals surface area contributed by atoms with Gasteiger partial charge in [0.05, 0.1) is 133 Å². The fourth-order valence-corrected chi connectivity index (χ4v) is 11.3. The van der Waals surface area contributed by atoms with Crippen LogP contribution in [0.15, 0.2) is 142 Å². The summed E-state index contributed by atoms with van der Waals surface area (Å²) in [7, 11) is 4.47. The molecule has 5 aliphatic rings. The van der Waals surface area contributed by atoms with Crippen molar-refractivity contribution in [1.29, 1.82) is 0 Å². The van der Waals surface area contributed by atoms with Crippen LogP contribution in [0.4, 0.5) is 39.8 Å². The number of nitrogens with two attached hydrogens (primary N) is 5. The molecule has 5 aromatic heterocycles. The largest absolute Gasteiger partial charge is 0.477 e. The van der Waals surface area contributed by atoms with Crippen molar-refractivity contribution in [1.82, 2.24) is 43.2 Å². The number of aryl methyl sites for hydroxylation is 5. The molecule has 11 N–H and O–H groups in total. The summed E-state index contributed by atoms with van der Waals surface area (Å²) >= 11 is 0. The lowest BCUT2D eigenvalue weighted by molar-refractivity contribution is -0.385. The van der Waals surface area contributed by atoms with Gasteiger partial charge in [-0.05, 0) is 123 Å². The quantitative estimate of drug-likeness (QED) is 0.0175. The van der Waals surface area contributed by atoms with Crippen molar-refractivity contribution in [3.8, 4) is 0 Å². The Bertz CT molecular complexity index is 8830. The molecule has 138 heavy (non-hydrogen) atoms. The molecule has 0 spiro atoms. The van der Waals surface area contributed by atoms with Gasteiger partial charge >= 0.3 is 23.5 Å². The number of ether oxygens (including phenoxy) is 1. The van der Waals surface area contributed by atoms with E-state index in [9.17, 15) is 117 Å². The summed E-state index contributed by atoms with van der Waals surface area (Å²) in [6.45, 7) is -17.6. The third kappa shape index (κ3) is 28.2. The lowest BCUT2D eigenvalue weighted by Gasteiger charge is -2.24. The molecular formula is C92H109N18O27P. The molecule has 0 bridgehead atoms. The molecule has 5 heterocycles. The van der Waals surface area contributed by atoms with E-state index in [1.54, 1.807) is 7.05 Å². The molecule has 46 heteroatoms. The first-order valence-corrected chi connectivity index (χ1v) is 36.3. The van der Waals surface area contributed by atoms with E-state index in [4.69, 9.17) is 84.0 Å². The van der Waals surface area contributed by atoms with Gasteiger partial charge in [0.1, 0.15) is 57.6 Å². The number of non-ortho nitro benzene ring substituents is 2. The maximum absolute atomic E-state index is 13.4. The smallest absolute Gasteiger partial charge is 0.353 e. The first kappa shape index (κ1) is 59.5. The van der Waals surface area contributed by atoms with Crippen molar-refractivity contribution < 1.29 is 159 Å². The van der Waals surface area contributed by atoms with Crippen LogP contribution >= 0.6 is 9.03 Å². The summed E-state index contributed by atoms with van der Waals surface area (Å²) in [6, 6.07) is 4.63. The minimum Gasteiger partial charge on any atom is -0.477 e. The zero-order valence-electron chi connectivity index (χ0n) is 116. The molecular weight excluding hydrogens is 1820 g/mol. The van der Waals surface area contributed by atoms with Gasteiger partial charge in [-0.25, -0.2) is 34.5 Å². The molecule has 6 aromatic carbocycles. The second-order valence-corrected chi connectivity index (χ2v) is 26.0. The lowest BCUT2D eigenvalue weighted by Crippen LogP contribution is -2.36. The van der Waals surface area contributed by atoms with E-state index in [0.29, 0.717) is 0 Å². The van der Waals surface area contributed by atoms with E-state index in [2.05, 4.69) is 47.9 Å². The Balaban J connectivity index is 0.000000556. The molecule has 0 radical (unpaired) electrons. The van der Waals surface area contributed by atoms with Gasteiger partial charge in [0.15, 0.2) is 54.2 Å². The summed E-state index contributed by atoms with van der Waals surface area (Å²) in [5, 5.41) is 38.3. The topological polar surface area (TPSA) is 706 Å². The fraction of sp³-hybridized carbons (Fsp3) is 0.359. The highest BCUT2D eigenvalue weighted by molar-refractivity contribution is 7.03. The van der Waals surface area contributed by atoms with Crippen LogP contribution < -0.4 is 56.5 Å². The van der Waals surface area contributed by atoms with Gasteiger partial charge in [-0.1, -0.05) is 73.5 Å². The van der Waals surface area contributed by atoms with Crippen molar-refractivity contribution in [3.63, 3.8) is 0 Å². The molecule has 5 atom stereocenters. The Kier molecular flexibility index (Phi) is 22.1. The second-order valence-electron chi connectivity index (χ2n) is 25.6. The molecule has 734 valence electrons. The Morgan fingerprint density at radius 1 is 0.449 bits per heavy atom. The average Bonchev–Trinajstić information content (AvgIpc) is 0.695. The zero-order chi connectivity index (χ0) is 141. The number of aromatic carboxylic acids is 1. The number of nitrogens with zero attached hydrogens (tertiary/aromatic N) is 13. The predicted octanol–water partition coefficient (Wildman–Crippen LogP) is 11.1. The third-order valence-electron chi connectivity index (χ3n) is 16.7. The molecule has 16 rings (SSSR count). The van der Waals surface area contributed by atoms with Crippen LogP contribution in [0.3, 0.4) is 0 Å². The van der Waals surface area contributed by atoms with Crippen molar-refractivity contribution in [2.75, 3.05) is 29.9 Å². The SMILES string of the molecule is C.C.C.C.C.CN=P.Nc1cccc([N+](=O)[O-])c1C(=O)O.[2H]C([2H])([2H])C(=O)OC(C)=O.[2H]C([2H])([2H])c1nc2cccc([N+](=O)[O-])c2c(=O)n1C1([2H])C(=O)CC(=O)C([2H])([2H])C1([2H])[2H].[2H]C([2H])([2H])c1nc2cccc([N+](=O)[O-])c2c(=O)o1.[2H]C1([2H])C(=O)CC(=O)C([2H])(N)C1([2H])[2H].[2H]N([2H])c1cccc2nc(C([2H])([2H])[2H])n(C3([2H])C(=O)CC(=O)C([2H])([2H])C3([2H])[2H])c(=O)c12.[2H]N([2H])c1cccc2nc(C([2H])([2H])[2H])n([C@@]3([2H])C(=O)CC(=O)C([2H])([2H])C3([2H])[2H])c(=O)c12.[2H]N([2H])c1cccc2nc(C([2H])([2H])[2H])n([C@]3([2H])C(=O)CC(=O)C([2H])([2H])C3([2H])[2H])c(=O)c12. The molecule has 0 saturated heterocycles. The average molecular weight is 1980 g/mol. The first-order chi connectivity index (χ1) is 82.1. The lowest BCUT2D eigenvalue weighted by atomic mass is 9.92. The third-order valence-corrected chi connectivity index (χ3v) is 16.7. The molecule has 3 unspecified atom stereocenters. The number of nitrogen functional groups attached to an aromatic ring is 4. The number of nitro benzene ring substituents is 3. The van der Waals surface area contributed by atoms with Crippen molar-refractivity contribution in [3.05, 3.63) is 226 Å². The van der Waals surface area contributed by atoms with Gasteiger partial charge in [-0.15, -0.1) is 0 Å². The van der Waals surface area contributed by atoms with E-state index >= 15 is 0 Å². The summed E-state index contributed by atoms with van der Waals surface area (Å²) in [6.07, 6.45) is -40.1. The number of carboxylic acid groups (broad SMARTS) is 1. The van der Waals surface area contributed by atoms with Gasteiger partial charge in [0, 0.05) is 147 Å². The van der Waals surface area contributed by atoms with E-state index in [1.807, 2.05) is 0 Å². The number of ketones is 10. The number of hydrogen-bond acceptors (Lipinski definition) is 37. The van der Waals surface area contributed by atoms with Gasteiger partial charge < -0.3 is 42.9 Å². The minimum absolute atomic E-state index is 0. The fourth-order valence-electron chi connectivity index (χ4n) is 11.3. The summed E-state index contributed by atoms with van der Waals surface area (Å²) in [5.74, 6) is -23.6. The van der Waals surface area contributed by atoms with E-state index < -0.39 is 381 Å². The van der Waals surface area contributed by atoms with Crippen molar-refractivity contribution >= 4 is 179 Å². The number of carbonyl (C=O) groups is 13. The van der Waals surface area contributed by atoms with Crippen LogP contribution in [-0.2, 0) is 62.3 Å². The molecule has 45 nitrogen and oxygen atoms in total. The van der Waals surface area contributed by atoms with Crippen LogP contribution in [0.1, 0.15) is 269 Å². The van der Waals surface area contributed by atoms with Gasteiger partial charge in [-0.2, -0.15) is 0 Å². The molecule has 5 saturated carbocycles. The van der Waals surface area contributed by atoms with Crippen molar-refractivity contribution in [2.45, 2.75) is 211 Å². The number of esters is 2. The van der Waals surface area contributed by atoms with Gasteiger partial charge in [0.25, 0.3) is 39.3 Å². The number of benzene rings is 6. The Morgan fingerprint density at radius 2 is 0.732 bits per heavy atom. The normalized spacial score (nSPS) is 28.2. The van der Waals surface area contributed by atoms with Crippen LogP contribution in [0.5, 0.6) is 0 Å². The van der Waals surface area contributed by atoms with Gasteiger partial charge in [0.2, 0.25) is 0 Å². The predicted molar refractivity (Wildman–Crippen MR) is 515 cm³/mol. The summed E-state index contributed by atoms with van der Waals surface area (Å²) < 4.78 is 387.